The summed E-state index contributed by atoms with van der Waals surface area (Å²) in [6.07, 6.45) is -3.61. The number of anilines is 2. The van der Waals surface area contributed by atoms with Crippen molar-refractivity contribution in [2.24, 2.45) is 0 Å². The third kappa shape index (κ3) is 3.81. The van der Waals surface area contributed by atoms with Gasteiger partial charge < -0.3 is 10.6 Å². The first kappa shape index (κ1) is 15.5. The van der Waals surface area contributed by atoms with Crippen LogP contribution in [-0.2, 0) is 4.79 Å². The second kappa shape index (κ2) is 6.25. The molecule has 0 radical (unpaired) electrons. The van der Waals surface area contributed by atoms with Crippen LogP contribution in [0.25, 0.3) is 0 Å². The Labute approximate surface area is 123 Å². The lowest BCUT2D eigenvalue weighted by Crippen LogP contribution is -2.30. The monoisotopic (exact) mass is 309 g/mol. The number of benzene rings is 1. The highest BCUT2D eigenvalue weighted by Gasteiger charge is 2.39. The number of carbonyl (C=O) groups is 2. The summed E-state index contributed by atoms with van der Waals surface area (Å²) in [4.78, 5) is 26.7. The van der Waals surface area contributed by atoms with Crippen molar-refractivity contribution in [1.82, 2.24) is 4.98 Å². The third-order valence-electron chi connectivity index (χ3n) is 2.58. The van der Waals surface area contributed by atoms with E-state index in [0.717, 1.165) is 0 Å². The Morgan fingerprint density at radius 2 is 1.50 bits per heavy atom. The van der Waals surface area contributed by atoms with Gasteiger partial charge in [0.1, 0.15) is 5.69 Å². The maximum absolute atomic E-state index is 12.3. The summed E-state index contributed by atoms with van der Waals surface area (Å²) in [5.74, 6) is -2.72. The lowest BCUT2D eigenvalue weighted by molar-refractivity contribution is -0.167. The summed E-state index contributed by atoms with van der Waals surface area (Å²) in [6, 6.07) is 10.2. The number of hydrogen-bond donors (Lipinski definition) is 2. The number of halogens is 3. The fourth-order valence-electron chi connectivity index (χ4n) is 1.58. The third-order valence-corrected chi connectivity index (χ3v) is 2.58. The molecule has 0 saturated carbocycles. The van der Waals surface area contributed by atoms with Crippen molar-refractivity contribution in [1.29, 1.82) is 0 Å². The van der Waals surface area contributed by atoms with Crippen LogP contribution in [0, 0.1) is 0 Å². The van der Waals surface area contributed by atoms with Crippen molar-refractivity contribution in [2.75, 3.05) is 10.6 Å². The van der Waals surface area contributed by atoms with E-state index in [0.29, 0.717) is 0 Å². The van der Waals surface area contributed by atoms with E-state index in [9.17, 15) is 22.8 Å². The van der Waals surface area contributed by atoms with Crippen molar-refractivity contribution in [2.45, 2.75) is 6.18 Å². The van der Waals surface area contributed by atoms with Gasteiger partial charge in [-0.3, -0.25) is 14.6 Å². The van der Waals surface area contributed by atoms with E-state index in [-0.39, 0.29) is 17.1 Å². The van der Waals surface area contributed by atoms with Crippen LogP contribution in [0.4, 0.5) is 24.5 Å². The predicted molar refractivity (Wildman–Crippen MR) is 73.3 cm³/mol. The van der Waals surface area contributed by atoms with E-state index < -0.39 is 18.0 Å². The number of rotatable bonds is 3. The summed E-state index contributed by atoms with van der Waals surface area (Å²) in [5.41, 5.74) is -0.0238. The van der Waals surface area contributed by atoms with Gasteiger partial charge in [0.05, 0.1) is 11.4 Å². The Balaban J connectivity index is 2.19. The van der Waals surface area contributed by atoms with E-state index in [4.69, 9.17) is 0 Å². The van der Waals surface area contributed by atoms with Crippen molar-refractivity contribution in [3.05, 3.63) is 54.4 Å². The molecule has 2 amide bonds. The highest BCUT2D eigenvalue weighted by atomic mass is 19.4. The van der Waals surface area contributed by atoms with Gasteiger partial charge in [0, 0.05) is 6.20 Å². The SMILES string of the molecule is O=C(Nc1ccccc1NC(=O)C(F)(F)F)c1ccccn1. The molecule has 0 bridgehead atoms. The molecule has 0 saturated heterocycles. The molecule has 0 aliphatic rings. The average molecular weight is 309 g/mol. The summed E-state index contributed by atoms with van der Waals surface area (Å²) in [5, 5.41) is 4.11. The molecule has 0 aliphatic carbocycles. The fraction of sp³-hybridized carbons (Fsp3) is 0.0714. The first-order chi connectivity index (χ1) is 10.4. The quantitative estimate of drug-likeness (QED) is 0.916. The number of pyridine rings is 1. The van der Waals surface area contributed by atoms with Gasteiger partial charge in [-0.05, 0) is 24.3 Å². The van der Waals surface area contributed by atoms with Crippen LogP contribution in [-0.4, -0.2) is 23.0 Å². The lowest BCUT2D eigenvalue weighted by atomic mass is 10.2. The molecular weight excluding hydrogens is 299 g/mol. The molecule has 0 aliphatic heterocycles. The van der Waals surface area contributed by atoms with Crippen molar-refractivity contribution in [3.8, 4) is 0 Å². The van der Waals surface area contributed by atoms with Crippen LogP contribution < -0.4 is 10.6 Å². The van der Waals surface area contributed by atoms with Gasteiger partial charge in [-0.1, -0.05) is 18.2 Å². The Morgan fingerprint density at radius 1 is 0.909 bits per heavy atom. The van der Waals surface area contributed by atoms with Crippen LogP contribution >= 0.6 is 0 Å². The Kier molecular flexibility index (Phi) is 4.40. The molecule has 22 heavy (non-hydrogen) atoms. The Hall–Kier alpha value is -2.90. The van der Waals surface area contributed by atoms with Crippen LogP contribution in [0.3, 0.4) is 0 Å². The van der Waals surface area contributed by atoms with Gasteiger partial charge in [0.15, 0.2) is 0 Å². The average Bonchev–Trinajstić information content (AvgIpc) is 2.49. The van der Waals surface area contributed by atoms with Gasteiger partial charge in [0.25, 0.3) is 5.91 Å². The Bertz CT molecular complexity index is 687. The predicted octanol–water partition coefficient (Wildman–Crippen LogP) is 2.83. The van der Waals surface area contributed by atoms with Crippen LogP contribution in [0.1, 0.15) is 10.5 Å². The lowest BCUT2D eigenvalue weighted by Gasteiger charge is -2.13. The summed E-state index contributed by atoms with van der Waals surface area (Å²) in [6.45, 7) is 0. The van der Waals surface area contributed by atoms with E-state index in [1.807, 2.05) is 0 Å². The molecule has 2 rings (SSSR count). The number of nitrogens with one attached hydrogen (secondary N) is 2. The molecule has 0 fully saturated rings. The minimum atomic E-state index is -5.02. The van der Waals surface area contributed by atoms with E-state index in [2.05, 4.69) is 10.3 Å². The Morgan fingerprint density at radius 3 is 2.05 bits per heavy atom. The molecule has 2 aromatic rings. The molecule has 1 aromatic heterocycles. The van der Waals surface area contributed by atoms with Gasteiger partial charge in [-0.25, -0.2) is 0 Å². The van der Waals surface area contributed by atoms with Crippen LogP contribution in [0.5, 0.6) is 0 Å². The highest BCUT2D eigenvalue weighted by molar-refractivity contribution is 6.06. The van der Waals surface area contributed by atoms with E-state index in [1.165, 1.54) is 36.5 Å². The van der Waals surface area contributed by atoms with Crippen LogP contribution in [0.2, 0.25) is 0 Å². The number of alkyl halides is 3. The fourth-order valence-corrected chi connectivity index (χ4v) is 1.58. The largest absolute Gasteiger partial charge is 0.471 e. The van der Waals surface area contributed by atoms with Crippen molar-refractivity contribution >= 4 is 23.2 Å². The normalized spacial score (nSPS) is 10.9. The van der Waals surface area contributed by atoms with Crippen molar-refractivity contribution < 1.29 is 22.8 Å². The van der Waals surface area contributed by atoms with Crippen LogP contribution in [0.15, 0.2) is 48.7 Å². The first-order valence-corrected chi connectivity index (χ1v) is 6.07. The second-order valence-electron chi connectivity index (χ2n) is 4.17. The first-order valence-electron chi connectivity index (χ1n) is 6.07. The zero-order valence-corrected chi connectivity index (χ0v) is 11.0. The number of hydrogen-bond acceptors (Lipinski definition) is 3. The summed E-state index contributed by atoms with van der Waals surface area (Å²) >= 11 is 0. The van der Waals surface area contributed by atoms with Gasteiger partial charge in [0.2, 0.25) is 0 Å². The van der Waals surface area contributed by atoms with E-state index in [1.54, 1.807) is 17.4 Å². The maximum atomic E-state index is 12.3. The molecular formula is C14H10F3N3O2. The highest BCUT2D eigenvalue weighted by Crippen LogP contribution is 2.24. The molecule has 0 spiro atoms. The number of amides is 2. The zero-order valence-electron chi connectivity index (χ0n) is 11.0. The van der Waals surface area contributed by atoms with Gasteiger partial charge in [-0.2, -0.15) is 13.2 Å². The molecule has 114 valence electrons. The number of nitrogens with zero attached hydrogens (tertiary/aromatic N) is 1. The summed E-state index contributed by atoms with van der Waals surface area (Å²) < 4.78 is 36.9. The number of para-hydroxylation sites is 2. The van der Waals surface area contributed by atoms with Crippen molar-refractivity contribution in [3.63, 3.8) is 0 Å². The minimum absolute atomic E-state index is 0.0377. The number of carbonyl (C=O) groups excluding carboxylic acids is 2. The number of aromatic nitrogens is 1. The van der Waals surface area contributed by atoms with Gasteiger partial charge in [-0.15, -0.1) is 0 Å². The standard InChI is InChI=1S/C14H10F3N3O2/c15-14(16,17)13(22)20-10-6-2-1-5-9(10)19-12(21)11-7-3-4-8-18-11/h1-8H,(H,19,21)(H,20,22). The molecule has 5 nitrogen and oxygen atoms in total. The molecule has 0 unspecified atom stereocenters. The smallest absolute Gasteiger partial charge is 0.319 e. The molecule has 2 N–H and O–H groups in total. The molecule has 1 heterocycles. The second-order valence-corrected chi connectivity index (χ2v) is 4.17. The molecule has 8 heteroatoms. The topological polar surface area (TPSA) is 71.1 Å². The van der Waals surface area contributed by atoms with Gasteiger partial charge >= 0.3 is 12.1 Å². The van der Waals surface area contributed by atoms with E-state index >= 15 is 0 Å². The molecule has 0 atom stereocenters. The molecule has 1 aromatic carbocycles. The zero-order chi connectivity index (χ0) is 16.2. The summed E-state index contributed by atoms with van der Waals surface area (Å²) in [7, 11) is 0. The maximum Gasteiger partial charge on any atom is 0.471 e. The minimum Gasteiger partial charge on any atom is -0.319 e.